The van der Waals surface area contributed by atoms with Gasteiger partial charge in [-0.1, -0.05) is 0 Å². The average Bonchev–Trinajstić information content (AvgIpc) is 2.01. The first-order valence-electron chi connectivity index (χ1n) is 3.63. The Morgan fingerprint density at radius 3 is 2.62 bits per heavy atom. The lowest BCUT2D eigenvalue weighted by Gasteiger charge is -1.94. The largest absolute Gasteiger partial charge is 0.286 e. The summed E-state index contributed by atoms with van der Waals surface area (Å²) in [6.45, 7) is 0. The van der Waals surface area contributed by atoms with E-state index in [-0.39, 0.29) is 6.42 Å². The Balaban J connectivity index is 2.71. The molecule has 0 saturated heterocycles. The van der Waals surface area contributed by atoms with Gasteiger partial charge < -0.3 is 0 Å². The van der Waals surface area contributed by atoms with Crippen LogP contribution in [0.3, 0.4) is 0 Å². The van der Waals surface area contributed by atoms with Gasteiger partial charge >= 0.3 is 0 Å². The normalized spacial score (nSPS) is 11.5. The van der Waals surface area contributed by atoms with Gasteiger partial charge in [-0.2, -0.15) is 8.42 Å². The molecule has 72 valence electrons. The Morgan fingerprint density at radius 2 is 2.08 bits per heavy atom. The molecule has 0 bridgehead atoms. The maximum absolute atomic E-state index is 10.4. The number of hydrogen-bond acceptors (Lipinski definition) is 3. The van der Waals surface area contributed by atoms with Crippen LogP contribution in [0.25, 0.3) is 0 Å². The number of hydrogen-bond donors (Lipinski definition) is 2. The fraction of sp³-hybridized carbons (Fsp3) is 0.286. The zero-order valence-electron chi connectivity index (χ0n) is 6.79. The van der Waals surface area contributed by atoms with Gasteiger partial charge in [-0.3, -0.25) is 9.76 Å². The summed E-state index contributed by atoms with van der Waals surface area (Å²) in [5.74, 6) is -0.391. The lowest BCUT2D eigenvalue weighted by molar-refractivity contribution is -0.909. The summed E-state index contributed by atoms with van der Waals surface area (Å²) in [6.07, 6.45) is 1.47. The molecular weight excluding hydrogens is 194 g/mol. The number of rotatable bonds is 3. The zero-order chi connectivity index (χ0) is 9.90. The van der Waals surface area contributed by atoms with Gasteiger partial charge in [0.05, 0.1) is 12.2 Å². The maximum atomic E-state index is 10.4. The van der Waals surface area contributed by atoms with E-state index in [1.54, 1.807) is 18.2 Å². The van der Waals surface area contributed by atoms with Gasteiger partial charge in [0, 0.05) is 16.9 Å². The fourth-order valence-corrected chi connectivity index (χ4v) is 1.37. The maximum Gasteiger partial charge on any atom is 0.265 e. The van der Waals surface area contributed by atoms with Crippen molar-refractivity contribution >= 4 is 10.1 Å². The van der Waals surface area contributed by atoms with Crippen LogP contribution in [-0.2, 0) is 16.5 Å². The van der Waals surface area contributed by atoms with E-state index in [9.17, 15) is 8.42 Å². The molecule has 2 N–H and O–H groups in total. The molecule has 1 aromatic rings. The second kappa shape index (κ2) is 3.71. The summed E-state index contributed by atoms with van der Waals surface area (Å²) in [5.41, 5.74) is 0.431. The molecule has 1 rings (SSSR count). The number of aryl methyl sites for hydroxylation is 1. The quantitative estimate of drug-likeness (QED) is 0.400. The van der Waals surface area contributed by atoms with E-state index >= 15 is 0 Å². The molecule has 0 atom stereocenters. The lowest BCUT2D eigenvalue weighted by atomic mass is 10.3. The number of nitrogens with zero attached hydrogens (tertiary/aromatic N) is 1. The fourth-order valence-electron chi connectivity index (χ4n) is 0.901. The summed E-state index contributed by atoms with van der Waals surface area (Å²) in [6, 6.07) is 4.86. The van der Waals surface area contributed by atoms with Gasteiger partial charge in [-0.25, -0.2) is 0 Å². The predicted molar refractivity (Wildman–Crippen MR) is 43.9 cm³/mol. The van der Waals surface area contributed by atoms with Crippen LogP contribution in [-0.4, -0.2) is 23.9 Å². The Bertz CT molecular complexity index is 387. The predicted octanol–water partition coefficient (Wildman–Crippen LogP) is -0.358. The monoisotopic (exact) mass is 204 g/mol. The highest BCUT2D eigenvalue weighted by Gasteiger charge is 2.12. The van der Waals surface area contributed by atoms with Gasteiger partial charge in [-0.15, -0.1) is 0 Å². The first-order chi connectivity index (χ1) is 5.99. The topological polar surface area (TPSA) is 78.5 Å². The molecule has 0 saturated carbocycles. The summed E-state index contributed by atoms with van der Waals surface area (Å²) in [7, 11) is -3.96. The Hall–Kier alpha value is -1.14. The Labute approximate surface area is 76.0 Å². The van der Waals surface area contributed by atoms with E-state index in [0.717, 1.165) is 4.73 Å². The molecule has 0 spiro atoms. The smallest absolute Gasteiger partial charge is 0.265 e. The molecule has 0 aromatic carbocycles. The summed E-state index contributed by atoms with van der Waals surface area (Å²) in [5, 5.41) is 9.15. The van der Waals surface area contributed by atoms with Crippen molar-refractivity contribution in [3.05, 3.63) is 30.1 Å². The summed E-state index contributed by atoms with van der Waals surface area (Å²) < 4.78 is 30.0. The van der Waals surface area contributed by atoms with Crippen LogP contribution in [0.2, 0.25) is 0 Å². The third-order valence-electron chi connectivity index (χ3n) is 1.54. The lowest BCUT2D eigenvalue weighted by Crippen LogP contribution is -2.35. The standard InChI is InChI=1S/C7H9NO4S/c9-8-5-2-1-3-7(8)4-6-13(10,11)12/h1-3,5H,4,6H2,(H-,9,10,11,12)/p+1. The minimum atomic E-state index is -3.96. The van der Waals surface area contributed by atoms with Crippen LogP contribution < -0.4 is 4.73 Å². The molecule has 0 aliphatic heterocycles. The Morgan fingerprint density at radius 1 is 1.38 bits per heavy atom. The van der Waals surface area contributed by atoms with Crippen molar-refractivity contribution in [1.29, 1.82) is 0 Å². The van der Waals surface area contributed by atoms with Crippen LogP contribution in [0.15, 0.2) is 24.4 Å². The highest BCUT2D eigenvalue weighted by Crippen LogP contribution is 1.94. The zero-order valence-corrected chi connectivity index (χ0v) is 7.61. The molecule has 0 amide bonds. The van der Waals surface area contributed by atoms with Crippen LogP contribution in [0, 0.1) is 0 Å². The molecule has 0 unspecified atom stereocenters. The van der Waals surface area contributed by atoms with Crippen LogP contribution >= 0.6 is 0 Å². The molecule has 0 radical (unpaired) electrons. The molecule has 0 aliphatic rings. The molecule has 6 heteroatoms. The summed E-state index contributed by atoms with van der Waals surface area (Å²) in [4.78, 5) is 0. The molecule has 13 heavy (non-hydrogen) atoms. The van der Waals surface area contributed by atoms with Crippen LogP contribution in [0.1, 0.15) is 5.69 Å². The number of aromatic nitrogens is 1. The Kier molecular flexibility index (Phi) is 2.84. The van der Waals surface area contributed by atoms with Crippen molar-refractivity contribution in [2.24, 2.45) is 0 Å². The second-order valence-corrected chi connectivity index (χ2v) is 4.14. The third-order valence-corrected chi connectivity index (χ3v) is 2.26. The van der Waals surface area contributed by atoms with E-state index < -0.39 is 15.9 Å². The second-order valence-electron chi connectivity index (χ2n) is 2.57. The highest BCUT2D eigenvalue weighted by molar-refractivity contribution is 7.85. The number of pyridine rings is 1. The van der Waals surface area contributed by atoms with E-state index in [4.69, 9.17) is 9.76 Å². The SMILES string of the molecule is O=S(=O)(O)CCc1cccc[n+]1O. The summed E-state index contributed by atoms with van der Waals surface area (Å²) >= 11 is 0. The first-order valence-corrected chi connectivity index (χ1v) is 5.24. The van der Waals surface area contributed by atoms with E-state index in [1.165, 1.54) is 6.20 Å². The van der Waals surface area contributed by atoms with Crippen molar-refractivity contribution in [1.82, 2.24) is 0 Å². The minimum absolute atomic E-state index is 0.0795. The first kappa shape index (κ1) is 9.94. The average molecular weight is 204 g/mol. The molecular formula is C7H10NO4S+. The van der Waals surface area contributed by atoms with Crippen molar-refractivity contribution < 1.29 is 22.9 Å². The van der Waals surface area contributed by atoms with Gasteiger partial charge in [0.2, 0.25) is 11.9 Å². The van der Waals surface area contributed by atoms with Crippen molar-refractivity contribution in [3.8, 4) is 0 Å². The molecule has 1 aromatic heterocycles. The van der Waals surface area contributed by atoms with Crippen molar-refractivity contribution in [3.63, 3.8) is 0 Å². The van der Waals surface area contributed by atoms with Gasteiger partial charge in [-0.05, 0) is 6.07 Å². The third kappa shape index (κ3) is 3.39. The van der Waals surface area contributed by atoms with Gasteiger partial charge in [0.1, 0.15) is 0 Å². The molecule has 5 nitrogen and oxygen atoms in total. The molecule has 1 heterocycles. The van der Waals surface area contributed by atoms with Crippen LogP contribution in [0.5, 0.6) is 0 Å². The molecule has 0 fully saturated rings. The van der Waals surface area contributed by atoms with Gasteiger partial charge in [0.15, 0.2) is 0 Å². The minimum Gasteiger partial charge on any atom is -0.286 e. The highest BCUT2D eigenvalue weighted by atomic mass is 32.2. The van der Waals surface area contributed by atoms with E-state index in [0.29, 0.717) is 5.69 Å². The van der Waals surface area contributed by atoms with Crippen molar-refractivity contribution in [2.75, 3.05) is 5.75 Å². The van der Waals surface area contributed by atoms with E-state index in [2.05, 4.69) is 0 Å². The van der Waals surface area contributed by atoms with Crippen molar-refractivity contribution in [2.45, 2.75) is 6.42 Å². The van der Waals surface area contributed by atoms with E-state index in [1.807, 2.05) is 0 Å². The molecule has 0 aliphatic carbocycles. The van der Waals surface area contributed by atoms with Gasteiger partial charge in [0.25, 0.3) is 10.1 Å². The van der Waals surface area contributed by atoms with Crippen LogP contribution in [0.4, 0.5) is 0 Å².